The van der Waals surface area contributed by atoms with E-state index in [2.05, 4.69) is 4.72 Å². The average Bonchev–Trinajstić information content (AvgIpc) is 2.02. The van der Waals surface area contributed by atoms with Gasteiger partial charge in [0.15, 0.2) is 0 Å². The number of rotatable bonds is 7. The van der Waals surface area contributed by atoms with Gasteiger partial charge in [0.25, 0.3) is 0 Å². The van der Waals surface area contributed by atoms with Crippen LogP contribution in [0.15, 0.2) is 0 Å². The normalized spacial score (nSPS) is 13.9. The average molecular weight is 221 g/mol. The van der Waals surface area contributed by atoms with Gasteiger partial charge in [0.05, 0.1) is 11.8 Å². The molecule has 5 nitrogen and oxygen atoms in total. The number of hydrogen-bond acceptors (Lipinski definition) is 3. The number of sulfonamides is 1. The maximum Gasteiger partial charge on any atom is 0.212 e. The zero-order chi connectivity index (χ0) is 11.2. The van der Waals surface area contributed by atoms with Crippen LogP contribution >= 0.6 is 0 Å². The minimum Gasteiger partial charge on any atom is -0.386 e. The lowest BCUT2D eigenvalue weighted by atomic mass is 10.2. The fourth-order valence-corrected chi connectivity index (χ4v) is 2.44. The van der Waals surface area contributed by atoms with Crippen molar-refractivity contribution in [3.63, 3.8) is 0 Å². The van der Waals surface area contributed by atoms with Crippen molar-refractivity contribution in [2.45, 2.75) is 39.2 Å². The lowest BCUT2D eigenvalue weighted by Gasteiger charge is -2.16. The van der Waals surface area contributed by atoms with Crippen molar-refractivity contribution < 1.29 is 8.42 Å². The standard InChI is InChI=1S/C8H19N3O2S/c1-3-5-7(8(9)10)11-14(12,13)6-4-2/h7,11H,3-6H2,1-2H3,(H3,9,10). The molecule has 0 saturated heterocycles. The maximum atomic E-state index is 11.4. The Bertz CT molecular complexity index is 274. The lowest BCUT2D eigenvalue weighted by molar-refractivity contribution is 0.564. The van der Waals surface area contributed by atoms with E-state index < -0.39 is 16.1 Å². The van der Waals surface area contributed by atoms with Crippen molar-refractivity contribution in [1.29, 1.82) is 5.41 Å². The molecule has 0 fully saturated rings. The van der Waals surface area contributed by atoms with Crippen LogP contribution in [0.1, 0.15) is 33.1 Å². The van der Waals surface area contributed by atoms with Crippen molar-refractivity contribution in [1.82, 2.24) is 4.72 Å². The zero-order valence-electron chi connectivity index (χ0n) is 8.71. The molecule has 0 aromatic rings. The zero-order valence-corrected chi connectivity index (χ0v) is 9.52. The van der Waals surface area contributed by atoms with E-state index in [4.69, 9.17) is 11.1 Å². The summed E-state index contributed by atoms with van der Waals surface area (Å²) >= 11 is 0. The molecule has 0 aliphatic carbocycles. The molecule has 1 unspecified atom stereocenters. The van der Waals surface area contributed by atoms with E-state index >= 15 is 0 Å². The van der Waals surface area contributed by atoms with Gasteiger partial charge in [-0.1, -0.05) is 20.3 Å². The summed E-state index contributed by atoms with van der Waals surface area (Å²) in [6.07, 6.45) is 1.92. The highest BCUT2D eigenvalue weighted by Gasteiger charge is 2.18. The second-order valence-electron chi connectivity index (χ2n) is 3.23. The minimum atomic E-state index is -3.27. The van der Waals surface area contributed by atoms with Crippen LogP contribution in [0.5, 0.6) is 0 Å². The monoisotopic (exact) mass is 221 g/mol. The van der Waals surface area contributed by atoms with Gasteiger partial charge < -0.3 is 5.73 Å². The first-order chi connectivity index (χ1) is 6.43. The highest BCUT2D eigenvalue weighted by Crippen LogP contribution is 1.99. The second-order valence-corrected chi connectivity index (χ2v) is 5.11. The molecule has 0 aromatic carbocycles. The SMILES string of the molecule is CCCC(NS(=O)(=O)CCC)C(=N)N. The summed E-state index contributed by atoms with van der Waals surface area (Å²) < 4.78 is 25.1. The first-order valence-corrected chi connectivity index (χ1v) is 6.42. The molecular weight excluding hydrogens is 202 g/mol. The quantitative estimate of drug-likeness (QED) is 0.429. The molecule has 0 aliphatic heterocycles. The van der Waals surface area contributed by atoms with Crippen LogP contribution in [0.4, 0.5) is 0 Å². The summed E-state index contributed by atoms with van der Waals surface area (Å²) in [6, 6.07) is -0.545. The van der Waals surface area contributed by atoms with Crippen LogP contribution in [-0.2, 0) is 10.0 Å². The van der Waals surface area contributed by atoms with Gasteiger partial charge in [-0.25, -0.2) is 13.1 Å². The second kappa shape index (κ2) is 5.98. The summed E-state index contributed by atoms with van der Waals surface area (Å²) in [7, 11) is -3.27. The Labute approximate surface area is 85.6 Å². The Morgan fingerprint density at radius 3 is 2.36 bits per heavy atom. The Kier molecular flexibility index (Phi) is 5.71. The van der Waals surface area contributed by atoms with Gasteiger partial charge in [0.2, 0.25) is 10.0 Å². The van der Waals surface area contributed by atoms with Gasteiger partial charge in [-0.2, -0.15) is 0 Å². The topological polar surface area (TPSA) is 96.0 Å². The molecule has 0 saturated carbocycles. The van der Waals surface area contributed by atoms with Gasteiger partial charge in [-0.05, 0) is 12.8 Å². The predicted octanol–water partition coefficient (Wildman–Crippen LogP) is 0.420. The van der Waals surface area contributed by atoms with Gasteiger partial charge in [-0.15, -0.1) is 0 Å². The Balaban J connectivity index is 4.36. The summed E-state index contributed by atoms with van der Waals surface area (Å²) in [5.74, 6) is -0.0351. The van der Waals surface area contributed by atoms with Gasteiger partial charge >= 0.3 is 0 Å². The molecule has 0 aliphatic rings. The van der Waals surface area contributed by atoms with Crippen molar-refractivity contribution in [3.05, 3.63) is 0 Å². The Morgan fingerprint density at radius 2 is 2.00 bits per heavy atom. The summed E-state index contributed by atoms with van der Waals surface area (Å²) in [5, 5.41) is 7.22. The van der Waals surface area contributed by atoms with Crippen molar-refractivity contribution >= 4 is 15.9 Å². The van der Waals surface area contributed by atoms with Crippen LogP contribution in [-0.4, -0.2) is 26.0 Å². The number of nitrogens with one attached hydrogen (secondary N) is 2. The molecule has 14 heavy (non-hydrogen) atoms. The van der Waals surface area contributed by atoms with Crippen LogP contribution in [0.2, 0.25) is 0 Å². The van der Waals surface area contributed by atoms with Crippen molar-refractivity contribution in [2.24, 2.45) is 5.73 Å². The molecule has 0 bridgehead atoms. The van der Waals surface area contributed by atoms with E-state index in [-0.39, 0.29) is 11.6 Å². The van der Waals surface area contributed by atoms with Crippen LogP contribution in [0, 0.1) is 5.41 Å². The Hall–Kier alpha value is -0.620. The van der Waals surface area contributed by atoms with Crippen molar-refractivity contribution in [3.8, 4) is 0 Å². The third-order valence-electron chi connectivity index (χ3n) is 1.75. The summed E-state index contributed by atoms with van der Waals surface area (Å²) in [6.45, 7) is 3.71. The van der Waals surface area contributed by atoms with Gasteiger partial charge in [0, 0.05) is 0 Å². The highest BCUT2D eigenvalue weighted by atomic mass is 32.2. The summed E-state index contributed by atoms with van der Waals surface area (Å²) in [5.41, 5.74) is 5.28. The largest absolute Gasteiger partial charge is 0.386 e. The van der Waals surface area contributed by atoms with E-state index in [0.717, 1.165) is 6.42 Å². The third-order valence-corrected chi connectivity index (χ3v) is 3.34. The molecule has 6 heteroatoms. The number of amidine groups is 1. The van der Waals surface area contributed by atoms with E-state index in [0.29, 0.717) is 12.8 Å². The smallest absolute Gasteiger partial charge is 0.212 e. The lowest BCUT2D eigenvalue weighted by Crippen LogP contribution is -2.44. The molecule has 0 radical (unpaired) electrons. The van der Waals surface area contributed by atoms with Crippen LogP contribution in [0.25, 0.3) is 0 Å². The number of nitrogens with two attached hydrogens (primary N) is 1. The van der Waals surface area contributed by atoms with Gasteiger partial charge in [0.1, 0.15) is 5.84 Å². The first kappa shape index (κ1) is 13.4. The van der Waals surface area contributed by atoms with Gasteiger partial charge in [-0.3, -0.25) is 5.41 Å². The molecule has 1 atom stereocenters. The molecule has 0 spiro atoms. The molecule has 4 N–H and O–H groups in total. The summed E-state index contributed by atoms with van der Waals surface area (Å²) in [4.78, 5) is 0. The number of hydrogen-bond donors (Lipinski definition) is 3. The molecule has 0 amide bonds. The predicted molar refractivity (Wildman–Crippen MR) is 57.8 cm³/mol. The molecule has 0 heterocycles. The maximum absolute atomic E-state index is 11.4. The van der Waals surface area contributed by atoms with E-state index in [1.807, 2.05) is 6.92 Å². The Morgan fingerprint density at radius 1 is 1.43 bits per heavy atom. The fourth-order valence-electron chi connectivity index (χ4n) is 1.11. The third kappa shape index (κ3) is 5.18. The minimum absolute atomic E-state index is 0.0838. The first-order valence-electron chi connectivity index (χ1n) is 4.76. The van der Waals surface area contributed by atoms with E-state index in [1.54, 1.807) is 6.92 Å². The fraction of sp³-hybridized carbons (Fsp3) is 0.875. The highest BCUT2D eigenvalue weighted by molar-refractivity contribution is 7.89. The van der Waals surface area contributed by atoms with Crippen LogP contribution < -0.4 is 10.5 Å². The van der Waals surface area contributed by atoms with Crippen LogP contribution in [0.3, 0.4) is 0 Å². The van der Waals surface area contributed by atoms with E-state index in [9.17, 15) is 8.42 Å². The molecular formula is C8H19N3O2S. The van der Waals surface area contributed by atoms with E-state index in [1.165, 1.54) is 0 Å². The molecule has 0 aromatic heterocycles. The van der Waals surface area contributed by atoms with Crippen molar-refractivity contribution in [2.75, 3.05) is 5.75 Å². The molecule has 84 valence electrons. The molecule has 0 rings (SSSR count).